The number of hydrogen-bond donors (Lipinski definition) is 1. The molecule has 3 heteroatoms. The Morgan fingerprint density at radius 3 is 2.67 bits per heavy atom. The molecule has 0 radical (unpaired) electrons. The molecular weight excluding hydrogens is 222 g/mol. The van der Waals surface area contributed by atoms with Crippen LogP contribution in [0.5, 0.6) is 0 Å². The van der Waals surface area contributed by atoms with Crippen molar-refractivity contribution in [3.63, 3.8) is 0 Å². The van der Waals surface area contributed by atoms with Crippen LogP contribution in [0.3, 0.4) is 0 Å². The van der Waals surface area contributed by atoms with Gasteiger partial charge in [-0.15, -0.1) is 0 Å². The monoisotopic (exact) mass is 253 g/mol. The van der Waals surface area contributed by atoms with Gasteiger partial charge in [0.05, 0.1) is 0 Å². The van der Waals surface area contributed by atoms with Gasteiger partial charge in [0.15, 0.2) is 0 Å². The first kappa shape index (κ1) is 14.3. The number of nitrogens with zero attached hydrogens (tertiary/aromatic N) is 2. The zero-order valence-electron chi connectivity index (χ0n) is 12.5. The van der Waals surface area contributed by atoms with Crippen LogP contribution in [0.4, 0.5) is 0 Å². The van der Waals surface area contributed by atoms with Crippen molar-refractivity contribution < 1.29 is 0 Å². The van der Waals surface area contributed by atoms with Crippen LogP contribution in [0, 0.1) is 0 Å². The molecule has 0 spiro atoms. The molecule has 2 atom stereocenters. The highest BCUT2D eigenvalue weighted by atomic mass is 15.3. The summed E-state index contributed by atoms with van der Waals surface area (Å²) in [6.45, 7) is 13.3. The maximum Gasteiger partial charge on any atom is 0.0223 e. The van der Waals surface area contributed by atoms with Crippen molar-refractivity contribution in [2.45, 2.75) is 64.6 Å². The molecule has 1 N–H and O–H groups in total. The number of hydrogen-bond acceptors (Lipinski definition) is 3. The molecule has 2 saturated heterocycles. The molecule has 2 fully saturated rings. The largest absolute Gasteiger partial charge is 0.314 e. The van der Waals surface area contributed by atoms with Crippen LogP contribution in [0.2, 0.25) is 0 Å². The smallest absolute Gasteiger partial charge is 0.0223 e. The van der Waals surface area contributed by atoms with Gasteiger partial charge in [-0.2, -0.15) is 0 Å². The molecule has 0 bridgehead atoms. The second-order valence-electron chi connectivity index (χ2n) is 6.43. The van der Waals surface area contributed by atoms with Crippen molar-refractivity contribution in [1.29, 1.82) is 0 Å². The van der Waals surface area contributed by atoms with Gasteiger partial charge in [-0.25, -0.2) is 0 Å². The summed E-state index contributed by atoms with van der Waals surface area (Å²) in [6, 6.07) is 2.21. The standard InChI is InChI=1S/C15H31N3/c1-13(2)16-8-7-14(3)18-11-5-10-17-9-4-6-15(17)12-18/h13-16H,4-12H2,1-3H3. The first-order chi connectivity index (χ1) is 8.66. The van der Waals surface area contributed by atoms with E-state index < -0.39 is 0 Å². The zero-order chi connectivity index (χ0) is 13.0. The molecule has 2 heterocycles. The van der Waals surface area contributed by atoms with Gasteiger partial charge in [0.2, 0.25) is 0 Å². The predicted octanol–water partition coefficient (Wildman–Crippen LogP) is 1.93. The lowest BCUT2D eigenvalue weighted by Gasteiger charge is -2.31. The molecule has 0 amide bonds. The molecule has 0 aromatic heterocycles. The molecule has 0 aliphatic carbocycles. The minimum absolute atomic E-state index is 0.617. The van der Waals surface area contributed by atoms with E-state index in [9.17, 15) is 0 Å². The van der Waals surface area contributed by atoms with Gasteiger partial charge in [-0.1, -0.05) is 13.8 Å². The van der Waals surface area contributed by atoms with Crippen LogP contribution >= 0.6 is 0 Å². The van der Waals surface area contributed by atoms with Crippen molar-refractivity contribution in [1.82, 2.24) is 15.1 Å². The predicted molar refractivity (Wildman–Crippen MR) is 78.0 cm³/mol. The van der Waals surface area contributed by atoms with Gasteiger partial charge < -0.3 is 5.32 Å². The minimum atomic E-state index is 0.617. The lowest BCUT2D eigenvalue weighted by Crippen LogP contribution is -2.42. The molecule has 2 aliphatic rings. The van der Waals surface area contributed by atoms with E-state index in [1.54, 1.807) is 0 Å². The second-order valence-corrected chi connectivity index (χ2v) is 6.43. The lowest BCUT2D eigenvalue weighted by atomic mass is 10.1. The fourth-order valence-electron chi connectivity index (χ4n) is 3.40. The maximum absolute atomic E-state index is 3.54. The van der Waals surface area contributed by atoms with E-state index in [-0.39, 0.29) is 0 Å². The molecule has 2 aliphatic heterocycles. The van der Waals surface area contributed by atoms with Gasteiger partial charge in [-0.3, -0.25) is 9.80 Å². The average molecular weight is 253 g/mol. The van der Waals surface area contributed by atoms with E-state index >= 15 is 0 Å². The van der Waals surface area contributed by atoms with Crippen molar-refractivity contribution in [3.8, 4) is 0 Å². The minimum Gasteiger partial charge on any atom is -0.314 e. The maximum atomic E-state index is 3.54. The van der Waals surface area contributed by atoms with Gasteiger partial charge in [-0.05, 0) is 58.8 Å². The fraction of sp³-hybridized carbons (Fsp3) is 1.00. The quantitative estimate of drug-likeness (QED) is 0.808. The first-order valence-corrected chi connectivity index (χ1v) is 7.88. The Morgan fingerprint density at radius 1 is 1.11 bits per heavy atom. The fourth-order valence-corrected chi connectivity index (χ4v) is 3.40. The van der Waals surface area contributed by atoms with Crippen LogP contribution in [-0.2, 0) is 0 Å². The summed E-state index contributed by atoms with van der Waals surface area (Å²) < 4.78 is 0. The molecule has 18 heavy (non-hydrogen) atoms. The Morgan fingerprint density at radius 2 is 1.89 bits per heavy atom. The summed E-state index contributed by atoms with van der Waals surface area (Å²) >= 11 is 0. The molecule has 2 unspecified atom stereocenters. The molecule has 0 aromatic rings. The number of fused-ring (bicyclic) bond motifs is 1. The summed E-state index contributed by atoms with van der Waals surface area (Å²) in [5, 5.41) is 3.54. The van der Waals surface area contributed by atoms with E-state index in [2.05, 4.69) is 35.9 Å². The Balaban J connectivity index is 1.76. The highest BCUT2D eigenvalue weighted by Crippen LogP contribution is 2.22. The molecule has 0 saturated carbocycles. The van der Waals surface area contributed by atoms with Gasteiger partial charge >= 0.3 is 0 Å². The van der Waals surface area contributed by atoms with E-state index in [0.29, 0.717) is 6.04 Å². The number of rotatable bonds is 5. The summed E-state index contributed by atoms with van der Waals surface area (Å²) in [5.74, 6) is 0. The highest BCUT2D eigenvalue weighted by Gasteiger charge is 2.29. The SMILES string of the molecule is CC(C)NCCC(C)N1CCCN2CCCC2C1. The van der Waals surface area contributed by atoms with E-state index in [0.717, 1.165) is 18.6 Å². The van der Waals surface area contributed by atoms with Crippen molar-refractivity contribution in [2.75, 3.05) is 32.7 Å². The summed E-state index contributed by atoms with van der Waals surface area (Å²) in [6.07, 6.45) is 5.48. The lowest BCUT2D eigenvalue weighted by molar-refractivity contribution is 0.174. The third-order valence-corrected chi connectivity index (χ3v) is 4.57. The average Bonchev–Trinajstić information content (AvgIpc) is 2.66. The summed E-state index contributed by atoms with van der Waals surface area (Å²) in [4.78, 5) is 5.46. The Bertz CT molecular complexity index is 242. The molecule has 106 valence electrons. The molecular formula is C15H31N3. The Kier molecular flexibility index (Phi) is 5.46. The summed E-state index contributed by atoms with van der Waals surface area (Å²) in [5.41, 5.74) is 0. The van der Waals surface area contributed by atoms with Crippen molar-refractivity contribution in [3.05, 3.63) is 0 Å². The molecule has 3 nitrogen and oxygen atoms in total. The van der Waals surface area contributed by atoms with E-state index in [1.807, 2.05) is 0 Å². The van der Waals surface area contributed by atoms with Gasteiger partial charge in [0.1, 0.15) is 0 Å². The second kappa shape index (κ2) is 6.88. The van der Waals surface area contributed by atoms with Gasteiger partial charge in [0.25, 0.3) is 0 Å². The Hall–Kier alpha value is -0.120. The van der Waals surface area contributed by atoms with Crippen LogP contribution in [-0.4, -0.2) is 60.6 Å². The normalized spacial score (nSPS) is 28.3. The highest BCUT2D eigenvalue weighted by molar-refractivity contribution is 4.86. The van der Waals surface area contributed by atoms with Crippen molar-refractivity contribution >= 4 is 0 Å². The first-order valence-electron chi connectivity index (χ1n) is 7.88. The molecule has 0 aromatic carbocycles. The van der Waals surface area contributed by atoms with Crippen LogP contribution in [0.15, 0.2) is 0 Å². The van der Waals surface area contributed by atoms with Crippen LogP contribution < -0.4 is 5.32 Å². The third-order valence-electron chi connectivity index (χ3n) is 4.57. The van der Waals surface area contributed by atoms with Gasteiger partial charge in [0, 0.05) is 24.7 Å². The van der Waals surface area contributed by atoms with Crippen LogP contribution in [0.25, 0.3) is 0 Å². The molecule has 2 rings (SSSR count). The Labute approximate surface area is 113 Å². The number of nitrogens with one attached hydrogen (secondary N) is 1. The topological polar surface area (TPSA) is 18.5 Å². The third kappa shape index (κ3) is 3.94. The van der Waals surface area contributed by atoms with Crippen LogP contribution in [0.1, 0.15) is 46.5 Å². The summed E-state index contributed by atoms with van der Waals surface area (Å²) in [7, 11) is 0. The van der Waals surface area contributed by atoms with E-state index in [4.69, 9.17) is 0 Å². The van der Waals surface area contributed by atoms with Crippen molar-refractivity contribution in [2.24, 2.45) is 0 Å². The van der Waals surface area contributed by atoms with E-state index in [1.165, 1.54) is 51.9 Å². The zero-order valence-corrected chi connectivity index (χ0v) is 12.5.